The fourth-order valence-corrected chi connectivity index (χ4v) is 1.79. The lowest BCUT2D eigenvalue weighted by molar-refractivity contribution is 0.0699. The molecule has 0 amide bonds. The standard InChI is InChI=1S/C10H8ClNO2/c1-12-5-4-6-8(12)3-2-7(11)9(6)10(13)14/h2-5H,1H3,(H,13,14). The van der Waals surface area contributed by atoms with Crippen LogP contribution in [0.4, 0.5) is 0 Å². The van der Waals surface area contributed by atoms with Crippen molar-refractivity contribution >= 4 is 28.5 Å². The summed E-state index contributed by atoms with van der Waals surface area (Å²) in [5.41, 5.74) is 1.04. The Hall–Kier alpha value is -1.48. The van der Waals surface area contributed by atoms with Crippen LogP contribution in [0.15, 0.2) is 24.4 Å². The summed E-state index contributed by atoms with van der Waals surface area (Å²) in [6.07, 6.45) is 1.81. The molecule has 2 aromatic rings. The minimum absolute atomic E-state index is 0.171. The molecule has 0 saturated carbocycles. The lowest BCUT2D eigenvalue weighted by atomic mass is 10.1. The summed E-state index contributed by atoms with van der Waals surface area (Å²) >= 11 is 5.82. The van der Waals surface area contributed by atoms with E-state index in [1.165, 1.54) is 0 Å². The van der Waals surface area contributed by atoms with Gasteiger partial charge in [0.1, 0.15) is 0 Å². The first kappa shape index (κ1) is 9.09. The number of fused-ring (bicyclic) bond motifs is 1. The minimum Gasteiger partial charge on any atom is -0.478 e. The number of aromatic nitrogens is 1. The van der Waals surface area contributed by atoms with Crippen LogP contribution in [-0.2, 0) is 7.05 Å². The minimum atomic E-state index is -0.994. The van der Waals surface area contributed by atoms with E-state index in [-0.39, 0.29) is 10.6 Å². The van der Waals surface area contributed by atoms with E-state index in [1.807, 2.05) is 23.9 Å². The van der Waals surface area contributed by atoms with E-state index in [4.69, 9.17) is 16.7 Å². The highest BCUT2D eigenvalue weighted by atomic mass is 35.5. The second kappa shape index (κ2) is 3.03. The van der Waals surface area contributed by atoms with Gasteiger partial charge in [0.15, 0.2) is 0 Å². The van der Waals surface area contributed by atoms with Gasteiger partial charge in [-0.2, -0.15) is 0 Å². The number of carbonyl (C=O) groups is 1. The fraction of sp³-hybridized carbons (Fsp3) is 0.100. The van der Waals surface area contributed by atoms with Crippen LogP contribution in [0, 0.1) is 0 Å². The van der Waals surface area contributed by atoms with E-state index in [1.54, 1.807) is 12.1 Å². The average molecular weight is 210 g/mol. The van der Waals surface area contributed by atoms with Crippen LogP contribution in [0.2, 0.25) is 5.02 Å². The number of benzene rings is 1. The van der Waals surface area contributed by atoms with Crippen molar-refractivity contribution in [3.05, 3.63) is 35.0 Å². The Morgan fingerprint density at radius 2 is 2.14 bits per heavy atom. The van der Waals surface area contributed by atoms with Crippen LogP contribution in [0.25, 0.3) is 10.9 Å². The molecule has 14 heavy (non-hydrogen) atoms. The monoisotopic (exact) mass is 209 g/mol. The number of carboxylic acids is 1. The van der Waals surface area contributed by atoms with Crippen molar-refractivity contribution in [1.29, 1.82) is 0 Å². The van der Waals surface area contributed by atoms with Crippen molar-refractivity contribution in [1.82, 2.24) is 4.57 Å². The molecule has 2 rings (SSSR count). The molecular formula is C10H8ClNO2. The number of carboxylic acid groups (broad SMARTS) is 1. The van der Waals surface area contributed by atoms with E-state index < -0.39 is 5.97 Å². The zero-order valence-electron chi connectivity index (χ0n) is 7.49. The topological polar surface area (TPSA) is 42.2 Å². The molecule has 0 fully saturated rings. The van der Waals surface area contributed by atoms with Gasteiger partial charge >= 0.3 is 5.97 Å². The molecule has 0 spiro atoms. The highest BCUT2D eigenvalue weighted by Crippen LogP contribution is 2.26. The number of aromatic carboxylic acids is 1. The predicted octanol–water partition coefficient (Wildman–Crippen LogP) is 2.53. The van der Waals surface area contributed by atoms with E-state index >= 15 is 0 Å². The zero-order valence-corrected chi connectivity index (χ0v) is 8.25. The number of nitrogens with zero attached hydrogens (tertiary/aromatic N) is 1. The molecule has 0 unspecified atom stereocenters. The van der Waals surface area contributed by atoms with Gasteiger partial charge < -0.3 is 9.67 Å². The predicted molar refractivity (Wildman–Crippen MR) is 54.9 cm³/mol. The first-order valence-corrected chi connectivity index (χ1v) is 4.46. The molecule has 1 aromatic carbocycles. The summed E-state index contributed by atoms with van der Waals surface area (Å²) in [6, 6.07) is 5.17. The van der Waals surface area contributed by atoms with Gasteiger partial charge in [0, 0.05) is 24.1 Å². The summed E-state index contributed by atoms with van der Waals surface area (Å²) < 4.78 is 1.86. The molecule has 0 aliphatic rings. The normalized spacial score (nSPS) is 10.7. The largest absolute Gasteiger partial charge is 0.478 e. The third-order valence-electron chi connectivity index (χ3n) is 2.23. The molecule has 4 heteroatoms. The lowest BCUT2D eigenvalue weighted by Gasteiger charge is -2.01. The molecular weight excluding hydrogens is 202 g/mol. The Balaban J connectivity index is 2.90. The maximum absolute atomic E-state index is 11.0. The first-order chi connectivity index (χ1) is 6.61. The number of aryl methyl sites for hydroxylation is 1. The Bertz CT molecular complexity index is 516. The Morgan fingerprint density at radius 3 is 2.79 bits per heavy atom. The van der Waals surface area contributed by atoms with Gasteiger partial charge in [0.25, 0.3) is 0 Å². The molecule has 0 atom stereocenters. The average Bonchev–Trinajstić information content (AvgIpc) is 2.47. The molecule has 0 aliphatic heterocycles. The van der Waals surface area contributed by atoms with Crippen LogP contribution in [-0.4, -0.2) is 15.6 Å². The molecule has 72 valence electrons. The van der Waals surface area contributed by atoms with Crippen molar-refractivity contribution in [3.8, 4) is 0 Å². The Morgan fingerprint density at radius 1 is 1.43 bits per heavy atom. The molecule has 3 nitrogen and oxygen atoms in total. The smallest absolute Gasteiger partial charge is 0.337 e. The number of halogens is 1. The van der Waals surface area contributed by atoms with Gasteiger partial charge in [-0.05, 0) is 18.2 Å². The third-order valence-corrected chi connectivity index (χ3v) is 2.55. The number of hydrogen-bond acceptors (Lipinski definition) is 1. The summed E-state index contributed by atoms with van der Waals surface area (Å²) in [5.74, 6) is -0.994. The van der Waals surface area contributed by atoms with Gasteiger partial charge in [0.05, 0.1) is 10.6 Å². The van der Waals surface area contributed by atoms with Crippen molar-refractivity contribution in [2.75, 3.05) is 0 Å². The van der Waals surface area contributed by atoms with E-state index in [0.717, 1.165) is 5.52 Å². The van der Waals surface area contributed by atoms with Crippen molar-refractivity contribution < 1.29 is 9.90 Å². The number of rotatable bonds is 1. The van der Waals surface area contributed by atoms with Gasteiger partial charge in [-0.25, -0.2) is 4.79 Å². The number of hydrogen-bond donors (Lipinski definition) is 1. The van der Waals surface area contributed by atoms with Crippen molar-refractivity contribution in [2.45, 2.75) is 0 Å². The molecule has 1 N–H and O–H groups in total. The summed E-state index contributed by atoms with van der Waals surface area (Å²) in [6.45, 7) is 0. The zero-order chi connectivity index (χ0) is 10.3. The molecule has 1 heterocycles. The van der Waals surface area contributed by atoms with E-state index in [9.17, 15) is 4.79 Å². The highest BCUT2D eigenvalue weighted by Gasteiger charge is 2.14. The molecule has 1 aromatic heterocycles. The van der Waals surface area contributed by atoms with Crippen LogP contribution in [0.1, 0.15) is 10.4 Å². The summed E-state index contributed by atoms with van der Waals surface area (Å²) in [4.78, 5) is 11.0. The van der Waals surface area contributed by atoms with Gasteiger partial charge in [-0.1, -0.05) is 11.6 Å². The van der Waals surface area contributed by atoms with Crippen molar-refractivity contribution in [3.63, 3.8) is 0 Å². The van der Waals surface area contributed by atoms with E-state index in [0.29, 0.717) is 5.39 Å². The van der Waals surface area contributed by atoms with Crippen LogP contribution in [0.3, 0.4) is 0 Å². The maximum atomic E-state index is 11.0. The molecule has 0 radical (unpaired) electrons. The SMILES string of the molecule is Cn1ccc2c(C(=O)O)c(Cl)ccc21. The van der Waals surface area contributed by atoms with Gasteiger partial charge in [0.2, 0.25) is 0 Å². The van der Waals surface area contributed by atoms with Crippen molar-refractivity contribution in [2.24, 2.45) is 7.05 Å². The van der Waals surface area contributed by atoms with E-state index in [2.05, 4.69) is 0 Å². The summed E-state index contributed by atoms with van der Waals surface area (Å²) in [7, 11) is 1.86. The first-order valence-electron chi connectivity index (χ1n) is 4.08. The lowest BCUT2D eigenvalue weighted by Crippen LogP contribution is -1.98. The quantitative estimate of drug-likeness (QED) is 0.784. The fourth-order valence-electron chi connectivity index (χ4n) is 1.54. The van der Waals surface area contributed by atoms with Crippen LogP contribution >= 0.6 is 11.6 Å². The van der Waals surface area contributed by atoms with Crippen LogP contribution in [0.5, 0.6) is 0 Å². The molecule has 0 bridgehead atoms. The Kier molecular flexibility index (Phi) is 1.97. The maximum Gasteiger partial charge on any atom is 0.337 e. The molecule has 0 saturated heterocycles. The molecule has 0 aliphatic carbocycles. The third kappa shape index (κ3) is 1.17. The van der Waals surface area contributed by atoms with Gasteiger partial charge in [-0.3, -0.25) is 0 Å². The van der Waals surface area contributed by atoms with Gasteiger partial charge in [-0.15, -0.1) is 0 Å². The van der Waals surface area contributed by atoms with Crippen LogP contribution < -0.4 is 0 Å². The highest BCUT2D eigenvalue weighted by molar-refractivity contribution is 6.35. The second-order valence-electron chi connectivity index (χ2n) is 3.09. The summed E-state index contributed by atoms with van der Waals surface area (Å²) in [5, 5.41) is 9.93. The Labute approximate surface area is 85.5 Å². The second-order valence-corrected chi connectivity index (χ2v) is 3.49.